The smallest absolute Gasteiger partial charge is 0.0530 e. The van der Waals surface area contributed by atoms with E-state index in [1.54, 1.807) is 11.3 Å². The summed E-state index contributed by atoms with van der Waals surface area (Å²) in [5.74, 6) is 0. The van der Waals surface area contributed by atoms with Gasteiger partial charge in [-0.1, -0.05) is 22.0 Å². The molecule has 2 rings (SSSR count). The second-order valence-electron chi connectivity index (χ2n) is 2.45. The van der Waals surface area contributed by atoms with Crippen LogP contribution in [0, 0.1) is 12.3 Å². The van der Waals surface area contributed by atoms with E-state index in [0.717, 1.165) is 4.47 Å². The Labute approximate surface area is 78.0 Å². The van der Waals surface area contributed by atoms with Gasteiger partial charge in [0.1, 0.15) is 0 Å². The number of hydrogen-bond donors (Lipinski definition) is 0. The van der Waals surface area contributed by atoms with Crippen LogP contribution in [0.15, 0.2) is 22.7 Å². The van der Waals surface area contributed by atoms with Gasteiger partial charge in [0.2, 0.25) is 0 Å². The fourth-order valence-corrected chi connectivity index (χ4v) is 2.16. The van der Waals surface area contributed by atoms with Crippen LogP contribution in [0.25, 0.3) is 10.8 Å². The van der Waals surface area contributed by atoms with Crippen molar-refractivity contribution in [2.24, 2.45) is 0 Å². The highest BCUT2D eigenvalue weighted by Crippen LogP contribution is 2.26. The van der Waals surface area contributed by atoms with Crippen LogP contribution in [-0.2, 0) is 0 Å². The van der Waals surface area contributed by atoms with E-state index in [1.165, 1.54) is 15.6 Å². The van der Waals surface area contributed by atoms with Crippen molar-refractivity contribution >= 4 is 38.0 Å². The van der Waals surface area contributed by atoms with Gasteiger partial charge in [-0.15, -0.1) is 11.3 Å². The van der Waals surface area contributed by atoms with Crippen molar-refractivity contribution in [1.29, 1.82) is 0 Å². The van der Waals surface area contributed by atoms with E-state index in [-0.39, 0.29) is 0 Å². The monoisotopic (exact) mass is 225 g/mol. The first kappa shape index (κ1) is 7.32. The van der Waals surface area contributed by atoms with Crippen molar-refractivity contribution in [3.63, 3.8) is 0 Å². The summed E-state index contributed by atoms with van der Waals surface area (Å²) in [6, 6.07) is 6.27. The Hall–Kier alpha value is -0.340. The number of rotatable bonds is 0. The molecule has 0 atom stereocenters. The summed E-state index contributed by atoms with van der Waals surface area (Å²) in [6.07, 6.45) is 0. The van der Waals surface area contributed by atoms with Crippen LogP contribution in [0.5, 0.6) is 0 Å². The Balaban J connectivity index is 2.87. The molecule has 1 aromatic heterocycles. The third kappa shape index (κ3) is 1.21. The Morgan fingerprint density at radius 3 is 3.09 bits per heavy atom. The molecule has 11 heavy (non-hydrogen) atoms. The number of hydrogen-bond acceptors (Lipinski definition) is 1. The molecule has 0 aliphatic rings. The Bertz CT molecular complexity index is 389. The Kier molecular flexibility index (Phi) is 1.74. The van der Waals surface area contributed by atoms with Crippen LogP contribution >= 0.6 is 27.3 Å². The minimum atomic E-state index is 1.14. The first-order valence-electron chi connectivity index (χ1n) is 3.34. The van der Waals surface area contributed by atoms with Crippen LogP contribution in [0.2, 0.25) is 0 Å². The predicted molar refractivity (Wildman–Crippen MR) is 53.1 cm³/mol. The van der Waals surface area contributed by atoms with E-state index >= 15 is 0 Å². The maximum Gasteiger partial charge on any atom is 0.0530 e. The molecule has 55 valence electrons. The molecule has 2 aromatic rings. The lowest BCUT2D eigenvalue weighted by molar-refractivity contribution is 1.66. The fourth-order valence-electron chi connectivity index (χ4n) is 1.08. The van der Waals surface area contributed by atoms with E-state index < -0.39 is 0 Å². The first-order valence-corrected chi connectivity index (χ1v) is 4.94. The van der Waals surface area contributed by atoms with Gasteiger partial charge in [0, 0.05) is 14.7 Å². The van der Waals surface area contributed by atoms with E-state index in [1.807, 2.05) is 6.07 Å². The quantitative estimate of drug-likeness (QED) is 0.641. The average molecular weight is 226 g/mol. The SMILES string of the molecule is Cc1s[c]c2ccc(Br)cc12. The highest BCUT2D eigenvalue weighted by Gasteiger charge is 1.99. The molecule has 0 amide bonds. The van der Waals surface area contributed by atoms with Gasteiger partial charge < -0.3 is 0 Å². The summed E-state index contributed by atoms with van der Waals surface area (Å²) >= 11 is 5.12. The summed E-state index contributed by atoms with van der Waals surface area (Å²) < 4.78 is 1.14. The van der Waals surface area contributed by atoms with Crippen LogP contribution in [0.4, 0.5) is 0 Å². The molecule has 0 saturated heterocycles. The molecule has 2 heteroatoms. The lowest BCUT2D eigenvalue weighted by Crippen LogP contribution is -1.67. The third-order valence-corrected chi connectivity index (χ3v) is 3.02. The molecule has 0 fully saturated rings. The van der Waals surface area contributed by atoms with E-state index in [2.05, 4.69) is 40.4 Å². The molecule has 0 aliphatic carbocycles. The molecule has 0 aliphatic heterocycles. The van der Waals surface area contributed by atoms with Crippen molar-refractivity contribution in [1.82, 2.24) is 0 Å². The van der Waals surface area contributed by atoms with Crippen LogP contribution < -0.4 is 0 Å². The van der Waals surface area contributed by atoms with Crippen LogP contribution in [0.1, 0.15) is 4.88 Å². The predicted octanol–water partition coefficient (Wildman–Crippen LogP) is 3.77. The zero-order chi connectivity index (χ0) is 7.84. The molecular formula is C9H6BrS. The standard InChI is InChI=1S/C9H6BrS/c1-6-9-4-8(10)3-2-7(9)5-11-6/h2-4H,1H3. The van der Waals surface area contributed by atoms with Gasteiger partial charge in [0.15, 0.2) is 0 Å². The Morgan fingerprint density at radius 1 is 1.45 bits per heavy atom. The summed E-state index contributed by atoms with van der Waals surface area (Å²) in [5.41, 5.74) is 0. The highest BCUT2D eigenvalue weighted by molar-refractivity contribution is 9.10. The molecule has 0 saturated carbocycles. The molecule has 0 unspecified atom stereocenters. The molecule has 1 aromatic carbocycles. The Morgan fingerprint density at radius 2 is 2.27 bits per heavy atom. The van der Waals surface area contributed by atoms with Gasteiger partial charge >= 0.3 is 0 Å². The zero-order valence-corrected chi connectivity index (χ0v) is 8.42. The lowest BCUT2D eigenvalue weighted by Gasteiger charge is -1.91. The number of thiophene rings is 1. The van der Waals surface area contributed by atoms with Crippen molar-refractivity contribution in [3.05, 3.63) is 32.9 Å². The highest BCUT2D eigenvalue weighted by atomic mass is 79.9. The summed E-state index contributed by atoms with van der Waals surface area (Å²) in [5, 5.41) is 5.76. The van der Waals surface area contributed by atoms with Crippen molar-refractivity contribution < 1.29 is 0 Å². The fraction of sp³-hybridized carbons (Fsp3) is 0.111. The number of fused-ring (bicyclic) bond motifs is 1. The van der Waals surface area contributed by atoms with E-state index in [0.29, 0.717) is 0 Å². The largest absolute Gasteiger partial charge is 0.138 e. The molecular weight excluding hydrogens is 220 g/mol. The van der Waals surface area contributed by atoms with Gasteiger partial charge in [0.05, 0.1) is 5.38 Å². The number of aryl methyl sites for hydroxylation is 1. The molecule has 0 N–H and O–H groups in total. The van der Waals surface area contributed by atoms with Crippen molar-refractivity contribution in [3.8, 4) is 0 Å². The van der Waals surface area contributed by atoms with E-state index in [9.17, 15) is 0 Å². The van der Waals surface area contributed by atoms with Gasteiger partial charge in [-0.05, 0) is 24.4 Å². The maximum absolute atomic E-state index is 3.44. The molecule has 0 nitrogen and oxygen atoms in total. The summed E-state index contributed by atoms with van der Waals surface area (Å²) in [4.78, 5) is 1.33. The second-order valence-corrected chi connectivity index (χ2v) is 4.39. The number of halogens is 1. The zero-order valence-electron chi connectivity index (χ0n) is 6.02. The minimum absolute atomic E-state index is 1.14. The normalized spacial score (nSPS) is 10.7. The topological polar surface area (TPSA) is 0 Å². The lowest BCUT2D eigenvalue weighted by atomic mass is 10.2. The molecule has 0 spiro atoms. The van der Waals surface area contributed by atoms with Crippen LogP contribution in [-0.4, -0.2) is 0 Å². The van der Waals surface area contributed by atoms with Gasteiger partial charge in [0.25, 0.3) is 0 Å². The number of benzene rings is 1. The summed E-state index contributed by atoms with van der Waals surface area (Å²) in [7, 11) is 0. The van der Waals surface area contributed by atoms with Crippen molar-refractivity contribution in [2.75, 3.05) is 0 Å². The third-order valence-electron chi connectivity index (χ3n) is 1.67. The van der Waals surface area contributed by atoms with Gasteiger partial charge in [-0.25, -0.2) is 0 Å². The molecule has 1 radical (unpaired) electrons. The van der Waals surface area contributed by atoms with Gasteiger partial charge in [-0.2, -0.15) is 0 Å². The van der Waals surface area contributed by atoms with Crippen LogP contribution in [0.3, 0.4) is 0 Å². The molecule has 1 heterocycles. The maximum atomic E-state index is 3.44. The van der Waals surface area contributed by atoms with Gasteiger partial charge in [-0.3, -0.25) is 0 Å². The van der Waals surface area contributed by atoms with Crippen molar-refractivity contribution in [2.45, 2.75) is 6.92 Å². The second kappa shape index (κ2) is 2.61. The summed E-state index contributed by atoms with van der Waals surface area (Å²) in [6.45, 7) is 2.12. The van der Waals surface area contributed by atoms with E-state index in [4.69, 9.17) is 0 Å². The average Bonchev–Trinajstić information content (AvgIpc) is 2.33. The first-order chi connectivity index (χ1) is 5.27. The molecule has 0 bridgehead atoms. The minimum Gasteiger partial charge on any atom is -0.138 e.